The van der Waals surface area contributed by atoms with Crippen molar-refractivity contribution in [3.05, 3.63) is 362 Å². The first kappa shape index (κ1) is 64.0. The van der Waals surface area contributed by atoms with Gasteiger partial charge in [-0.2, -0.15) is 0 Å². The molecular formula is C100H68N4S4. The second kappa shape index (κ2) is 25.7. The van der Waals surface area contributed by atoms with Gasteiger partial charge in [0.1, 0.15) is 0 Å². The molecule has 0 fully saturated rings. The van der Waals surface area contributed by atoms with Gasteiger partial charge in [-0.25, -0.2) is 0 Å². The summed E-state index contributed by atoms with van der Waals surface area (Å²) < 4.78 is 20.5. The van der Waals surface area contributed by atoms with Crippen molar-refractivity contribution >= 4 is 213 Å². The lowest BCUT2D eigenvalue weighted by atomic mass is 10.1. The quantitative estimate of drug-likeness (QED) is 0.167. The molecule has 0 aliphatic heterocycles. The van der Waals surface area contributed by atoms with Gasteiger partial charge in [0.05, 0.1) is 48.8 Å². The Kier molecular flexibility index (Phi) is 15.2. The van der Waals surface area contributed by atoms with Gasteiger partial charge in [0.25, 0.3) is 0 Å². The zero-order valence-electron chi connectivity index (χ0n) is 59.8. The van der Waals surface area contributed by atoms with E-state index < -0.39 is 0 Å². The average molecular weight is 1450 g/mol. The fourth-order valence-corrected chi connectivity index (χ4v) is 21.6. The number of benzene rings is 16. The molecule has 0 unspecified atom stereocenters. The van der Waals surface area contributed by atoms with E-state index in [0.29, 0.717) is 0 Å². The summed E-state index contributed by atoms with van der Waals surface area (Å²) in [6.07, 6.45) is 0. The normalized spacial score (nSPS) is 11.9. The Morgan fingerprint density at radius 1 is 0.176 bits per heavy atom. The third-order valence-electron chi connectivity index (χ3n) is 21.8. The number of para-hydroxylation sites is 4. The molecule has 0 saturated carbocycles. The Hall–Kier alpha value is -12.4. The summed E-state index contributed by atoms with van der Waals surface area (Å²) in [5.74, 6) is 0. The first-order valence-electron chi connectivity index (χ1n) is 36.9. The highest BCUT2D eigenvalue weighted by molar-refractivity contribution is 7.27. The summed E-state index contributed by atoms with van der Waals surface area (Å²) in [6.45, 7) is 8.58. The SMILES string of the molecule is Cc1ccc(-n2c3ccccc3c3c4sc5ccccc5c4ccc32)cc1.Cc1ccc(-n2c3ccccc3c3cc4sc5ccccc5c4cc32)cc1.Cc1cccc(-n2c3ccccc3c3cc4sc5ccccc5c4cc32)c1.Cc1cccc(-n2c3ccccc3c3ccc4c5ccccc5sc4c32)c1. The molecule has 0 bridgehead atoms. The van der Waals surface area contributed by atoms with Crippen LogP contribution in [0, 0.1) is 27.7 Å². The predicted octanol–water partition coefficient (Wildman–Crippen LogP) is 29.8. The lowest BCUT2D eigenvalue weighted by molar-refractivity contribution is 1.17. The first-order chi connectivity index (χ1) is 53.2. The Labute approximate surface area is 638 Å². The maximum Gasteiger partial charge on any atom is 0.0719 e. The maximum absolute atomic E-state index is 2.44. The van der Waals surface area contributed by atoms with Crippen LogP contribution in [0.15, 0.2) is 340 Å². The summed E-state index contributed by atoms with van der Waals surface area (Å²) in [4.78, 5) is 0. The Morgan fingerprint density at radius 2 is 0.528 bits per heavy atom. The summed E-state index contributed by atoms with van der Waals surface area (Å²) >= 11 is 7.57. The third kappa shape index (κ3) is 10.4. The highest BCUT2D eigenvalue weighted by Crippen LogP contribution is 2.47. The van der Waals surface area contributed by atoms with E-state index in [1.807, 2.05) is 45.3 Å². The molecule has 0 saturated heterocycles. The van der Waals surface area contributed by atoms with Gasteiger partial charge in [0.2, 0.25) is 0 Å². The fraction of sp³-hybridized carbons (Fsp3) is 0.0400. The molecule has 8 aromatic heterocycles. The van der Waals surface area contributed by atoms with Crippen molar-refractivity contribution in [3.63, 3.8) is 0 Å². The van der Waals surface area contributed by atoms with E-state index in [1.54, 1.807) is 0 Å². The number of nitrogens with zero attached hydrogens (tertiary/aromatic N) is 4. The minimum absolute atomic E-state index is 1.21. The molecule has 4 nitrogen and oxygen atoms in total. The Bertz CT molecular complexity index is 7710. The molecule has 8 heteroatoms. The van der Waals surface area contributed by atoms with Crippen LogP contribution in [0.4, 0.5) is 0 Å². The minimum atomic E-state index is 1.21. The van der Waals surface area contributed by atoms with Crippen molar-refractivity contribution in [3.8, 4) is 22.7 Å². The van der Waals surface area contributed by atoms with Crippen LogP contribution in [0.3, 0.4) is 0 Å². The highest BCUT2D eigenvalue weighted by atomic mass is 32.1. The zero-order chi connectivity index (χ0) is 71.8. The van der Waals surface area contributed by atoms with Gasteiger partial charge in [0, 0.05) is 142 Å². The number of thiophene rings is 4. The number of hydrogen-bond donors (Lipinski definition) is 0. The first-order valence-corrected chi connectivity index (χ1v) is 40.1. The van der Waals surface area contributed by atoms with Crippen LogP contribution in [-0.4, -0.2) is 18.3 Å². The average Bonchev–Trinajstić information content (AvgIpc) is 1.59. The van der Waals surface area contributed by atoms with Gasteiger partial charge in [-0.3, -0.25) is 0 Å². The second-order valence-corrected chi connectivity index (χ2v) is 32.8. The monoisotopic (exact) mass is 1450 g/mol. The number of fused-ring (bicyclic) bond motifs is 26. The molecular weight excluding hydrogens is 1390 g/mol. The number of aryl methyl sites for hydroxylation is 4. The fourth-order valence-electron chi connectivity index (χ4n) is 16.9. The van der Waals surface area contributed by atoms with Gasteiger partial charge < -0.3 is 18.3 Å². The largest absolute Gasteiger partial charge is 0.309 e. The molecule has 0 atom stereocenters. The maximum atomic E-state index is 2.44. The van der Waals surface area contributed by atoms with Crippen LogP contribution in [0.1, 0.15) is 22.3 Å². The van der Waals surface area contributed by atoms with Gasteiger partial charge >= 0.3 is 0 Å². The van der Waals surface area contributed by atoms with Crippen molar-refractivity contribution in [1.29, 1.82) is 0 Å². The predicted molar refractivity (Wildman–Crippen MR) is 474 cm³/mol. The van der Waals surface area contributed by atoms with Crippen LogP contribution >= 0.6 is 45.3 Å². The number of hydrogen-bond acceptors (Lipinski definition) is 4. The molecule has 0 spiro atoms. The summed E-state index contributed by atoms with van der Waals surface area (Å²) in [7, 11) is 0. The van der Waals surface area contributed by atoms with Gasteiger partial charge in [-0.05, 0) is 166 Å². The molecule has 8 heterocycles. The van der Waals surface area contributed by atoms with E-state index in [0.717, 1.165) is 0 Å². The van der Waals surface area contributed by atoms with Crippen LogP contribution in [0.5, 0.6) is 0 Å². The van der Waals surface area contributed by atoms with Crippen molar-refractivity contribution in [2.24, 2.45) is 0 Å². The highest BCUT2D eigenvalue weighted by Gasteiger charge is 2.22. The van der Waals surface area contributed by atoms with Gasteiger partial charge in [-0.15, -0.1) is 45.3 Å². The van der Waals surface area contributed by atoms with E-state index in [9.17, 15) is 0 Å². The molecule has 16 aromatic carbocycles. The van der Waals surface area contributed by atoms with Gasteiger partial charge in [0.15, 0.2) is 0 Å². The van der Waals surface area contributed by atoms with Crippen molar-refractivity contribution in [2.75, 3.05) is 0 Å². The smallest absolute Gasteiger partial charge is 0.0719 e. The lowest BCUT2D eigenvalue weighted by Gasteiger charge is -2.09. The van der Waals surface area contributed by atoms with Crippen molar-refractivity contribution < 1.29 is 0 Å². The Morgan fingerprint density at radius 3 is 1.02 bits per heavy atom. The van der Waals surface area contributed by atoms with Crippen LogP contribution in [0.2, 0.25) is 0 Å². The third-order valence-corrected chi connectivity index (χ3v) is 26.5. The van der Waals surface area contributed by atoms with E-state index >= 15 is 0 Å². The zero-order valence-corrected chi connectivity index (χ0v) is 63.0. The van der Waals surface area contributed by atoms with Crippen molar-refractivity contribution in [1.82, 2.24) is 18.3 Å². The van der Waals surface area contributed by atoms with E-state index in [1.165, 1.54) is 213 Å². The molecule has 0 radical (unpaired) electrons. The lowest BCUT2D eigenvalue weighted by Crippen LogP contribution is -1.94. The van der Waals surface area contributed by atoms with E-state index in [-0.39, 0.29) is 0 Å². The molecule has 0 N–H and O–H groups in total. The number of aromatic nitrogens is 4. The van der Waals surface area contributed by atoms with E-state index in [2.05, 4.69) is 386 Å². The molecule has 512 valence electrons. The molecule has 24 rings (SSSR count). The molecule has 0 aliphatic carbocycles. The molecule has 108 heavy (non-hydrogen) atoms. The molecule has 0 amide bonds. The van der Waals surface area contributed by atoms with Crippen LogP contribution < -0.4 is 0 Å². The summed E-state index contributed by atoms with van der Waals surface area (Å²) in [5.41, 5.74) is 20.2. The standard InChI is InChI=1S/4C25H17NS/c1-16-7-6-8-17(13-16)26-22-11-4-2-9-18(22)20-15-25-21(14-23(20)26)19-10-3-5-12-24(19)27-25;1-16-7-6-8-17(15-16)26-22-11-4-2-9-18(22)20-13-14-21-19-10-3-5-12-23(19)27-25(21)24(20)26;1-16-10-12-17(13-11-16)26-21-8-4-2-7-20(21)24-22(26)15-14-19-18-6-3-5-9-23(18)27-25(19)24;1-16-10-12-17(13-11-16)26-22-8-4-2-6-18(22)20-15-25-21(14-23(20)26)19-7-3-5-9-24(19)27-25/h4*2-15H,1H3. The van der Waals surface area contributed by atoms with Crippen molar-refractivity contribution in [2.45, 2.75) is 27.7 Å². The van der Waals surface area contributed by atoms with Crippen LogP contribution in [0.25, 0.3) is 191 Å². The van der Waals surface area contributed by atoms with Gasteiger partial charge in [-0.1, -0.05) is 223 Å². The van der Waals surface area contributed by atoms with Crippen LogP contribution in [-0.2, 0) is 0 Å². The second-order valence-electron chi connectivity index (χ2n) is 28.6. The summed E-state index contributed by atoms with van der Waals surface area (Å²) in [6, 6.07) is 124. The number of rotatable bonds is 4. The minimum Gasteiger partial charge on any atom is -0.309 e. The summed E-state index contributed by atoms with van der Waals surface area (Å²) in [5, 5.41) is 21.4. The van der Waals surface area contributed by atoms with E-state index in [4.69, 9.17) is 0 Å². The Balaban J connectivity index is 0.0000000919. The topological polar surface area (TPSA) is 19.7 Å². The molecule has 24 aromatic rings. The molecule has 0 aliphatic rings.